The Kier molecular flexibility index (Phi) is 6.29. The minimum Gasteiger partial charge on any atom is -0.493 e. The molecule has 4 nitrogen and oxygen atoms in total. The molecule has 1 aliphatic rings. The van der Waals surface area contributed by atoms with Crippen LogP contribution >= 0.6 is 0 Å². The molecule has 4 heteroatoms. The van der Waals surface area contributed by atoms with Crippen molar-refractivity contribution in [2.45, 2.75) is 52.7 Å². The number of hydrogen-bond acceptors (Lipinski definition) is 3. The monoisotopic (exact) mass is 331 g/mol. The molecule has 2 rings (SSSR count). The van der Waals surface area contributed by atoms with Crippen molar-refractivity contribution in [3.05, 3.63) is 29.8 Å². The molecule has 0 bridgehead atoms. The van der Waals surface area contributed by atoms with Crippen molar-refractivity contribution in [1.29, 1.82) is 0 Å². The fraction of sp³-hybridized carbons (Fsp3) is 0.550. The van der Waals surface area contributed by atoms with E-state index in [4.69, 9.17) is 9.47 Å². The molecule has 0 spiro atoms. The second-order valence-electron chi connectivity index (χ2n) is 6.94. The zero-order chi connectivity index (χ0) is 17.7. The fourth-order valence-electron chi connectivity index (χ4n) is 2.54. The number of benzene rings is 1. The Balaban J connectivity index is 2.07. The van der Waals surface area contributed by atoms with Gasteiger partial charge in [-0.25, -0.2) is 0 Å². The Morgan fingerprint density at radius 2 is 1.96 bits per heavy atom. The molecule has 0 N–H and O–H groups in total. The van der Waals surface area contributed by atoms with Crippen LogP contribution in [-0.4, -0.2) is 36.6 Å². The van der Waals surface area contributed by atoms with Crippen LogP contribution in [0.25, 0.3) is 6.08 Å². The summed E-state index contributed by atoms with van der Waals surface area (Å²) < 4.78 is 11.1. The van der Waals surface area contributed by atoms with Gasteiger partial charge in [-0.1, -0.05) is 6.07 Å². The molecular weight excluding hydrogens is 302 g/mol. The number of amides is 1. The molecular formula is C20H29NO3. The van der Waals surface area contributed by atoms with Crippen LogP contribution in [0.1, 0.15) is 46.1 Å². The Bertz CT molecular complexity index is 589. The lowest BCUT2D eigenvalue weighted by molar-refractivity contribution is -0.127. The van der Waals surface area contributed by atoms with Crippen LogP contribution in [-0.2, 0) is 4.79 Å². The van der Waals surface area contributed by atoms with Crippen LogP contribution in [0.15, 0.2) is 24.3 Å². The first-order valence-electron chi connectivity index (χ1n) is 8.74. The molecule has 24 heavy (non-hydrogen) atoms. The average Bonchev–Trinajstić information content (AvgIpc) is 3.34. The number of methoxy groups -OCH3 is 1. The van der Waals surface area contributed by atoms with Crippen molar-refractivity contribution in [2.75, 3.05) is 13.7 Å². The third-order valence-corrected chi connectivity index (χ3v) is 4.03. The van der Waals surface area contributed by atoms with Crippen LogP contribution in [0.5, 0.6) is 11.5 Å². The maximum atomic E-state index is 12.5. The number of ether oxygens (including phenoxy) is 2. The van der Waals surface area contributed by atoms with Gasteiger partial charge in [-0.05, 0) is 70.2 Å². The number of carbonyl (C=O) groups is 1. The van der Waals surface area contributed by atoms with E-state index in [-0.39, 0.29) is 18.1 Å². The van der Waals surface area contributed by atoms with Gasteiger partial charge in [0.05, 0.1) is 13.2 Å². The van der Waals surface area contributed by atoms with E-state index in [1.165, 1.54) is 12.8 Å². The van der Waals surface area contributed by atoms with E-state index in [0.717, 1.165) is 12.1 Å². The predicted octanol–water partition coefficient (Wildman–Crippen LogP) is 4.14. The van der Waals surface area contributed by atoms with Crippen LogP contribution in [0, 0.1) is 5.92 Å². The SMILES string of the molecule is COc1cc(/C=C/C(=O)N(CC2CC2)C(C)C)ccc1OC(C)C. The normalized spacial score (nSPS) is 14.5. The molecule has 1 aromatic rings. The van der Waals surface area contributed by atoms with Gasteiger partial charge in [-0.2, -0.15) is 0 Å². The first-order chi connectivity index (χ1) is 11.4. The van der Waals surface area contributed by atoms with E-state index in [0.29, 0.717) is 17.4 Å². The molecule has 1 amide bonds. The lowest BCUT2D eigenvalue weighted by Crippen LogP contribution is -2.37. The highest BCUT2D eigenvalue weighted by atomic mass is 16.5. The summed E-state index contributed by atoms with van der Waals surface area (Å²) in [7, 11) is 1.62. The van der Waals surface area contributed by atoms with Gasteiger partial charge < -0.3 is 14.4 Å². The maximum Gasteiger partial charge on any atom is 0.246 e. The van der Waals surface area contributed by atoms with E-state index in [1.54, 1.807) is 13.2 Å². The molecule has 0 atom stereocenters. The molecule has 0 unspecified atom stereocenters. The highest BCUT2D eigenvalue weighted by molar-refractivity contribution is 5.92. The summed E-state index contributed by atoms with van der Waals surface area (Å²) >= 11 is 0. The smallest absolute Gasteiger partial charge is 0.246 e. The topological polar surface area (TPSA) is 38.8 Å². The third kappa shape index (κ3) is 5.29. The zero-order valence-corrected chi connectivity index (χ0v) is 15.4. The molecule has 0 aliphatic heterocycles. The predicted molar refractivity (Wildman–Crippen MR) is 97.4 cm³/mol. The number of carbonyl (C=O) groups excluding carboxylic acids is 1. The van der Waals surface area contributed by atoms with Gasteiger partial charge in [0.15, 0.2) is 11.5 Å². The zero-order valence-electron chi connectivity index (χ0n) is 15.4. The fourth-order valence-corrected chi connectivity index (χ4v) is 2.54. The molecule has 0 heterocycles. The van der Waals surface area contributed by atoms with E-state index in [1.807, 2.05) is 43.0 Å². The molecule has 0 radical (unpaired) electrons. The van der Waals surface area contributed by atoms with E-state index < -0.39 is 0 Å². The second-order valence-corrected chi connectivity index (χ2v) is 6.94. The Morgan fingerprint density at radius 1 is 1.25 bits per heavy atom. The van der Waals surface area contributed by atoms with Gasteiger partial charge in [0.2, 0.25) is 5.91 Å². The standard InChI is InChI=1S/C20H29NO3/c1-14(2)21(13-17-6-7-17)20(22)11-9-16-8-10-18(24-15(3)4)19(12-16)23-5/h8-12,14-15,17H,6-7,13H2,1-5H3/b11-9+. The number of hydrogen-bond donors (Lipinski definition) is 0. The Morgan fingerprint density at radius 3 is 2.50 bits per heavy atom. The van der Waals surface area contributed by atoms with E-state index in [2.05, 4.69) is 13.8 Å². The summed E-state index contributed by atoms with van der Waals surface area (Å²) in [6.07, 6.45) is 6.07. The summed E-state index contributed by atoms with van der Waals surface area (Å²) in [6.45, 7) is 8.95. The van der Waals surface area contributed by atoms with Crippen molar-refractivity contribution in [3.8, 4) is 11.5 Å². The summed E-state index contributed by atoms with van der Waals surface area (Å²) in [6, 6.07) is 5.93. The highest BCUT2D eigenvalue weighted by Crippen LogP contribution is 2.31. The lowest BCUT2D eigenvalue weighted by Gasteiger charge is -2.25. The molecule has 1 fully saturated rings. The lowest BCUT2D eigenvalue weighted by atomic mass is 10.1. The van der Waals surface area contributed by atoms with Crippen molar-refractivity contribution in [1.82, 2.24) is 4.90 Å². The van der Waals surface area contributed by atoms with Crippen molar-refractivity contribution in [2.24, 2.45) is 5.92 Å². The number of nitrogens with zero attached hydrogens (tertiary/aromatic N) is 1. The highest BCUT2D eigenvalue weighted by Gasteiger charge is 2.27. The van der Waals surface area contributed by atoms with Crippen molar-refractivity contribution in [3.63, 3.8) is 0 Å². The summed E-state index contributed by atoms with van der Waals surface area (Å²) in [5, 5.41) is 0. The first-order valence-corrected chi connectivity index (χ1v) is 8.74. The van der Waals surface area contributed by atoms with Crippen molar-refractivity contribution >= 4 is 12.0 Å². The van der Waals surface area contributed by atoms with Crippen LogP contribution in [0.3, 0.4) is 0 Å². The molecule has 132 valence electrons. The maximum absolute atomic E-state index is 12.5. The Labute approximate surface area is 145 Å². The Hall–Kier alpha value is -1.97. The van der Waals surface area contributed by atoms with Crippen LogP contribution < -0.4 is 9.47 Å². The van der Waals surface area contributed by atoms with E-state index >= 15 is 0 Å². The largest absolute Gasteiger partial charge is 0.493 e. The van der Waals surface area contributed by atoms with Crippen LogP contribution in [0.2, 0.25) is 0 Å². The van der Waals surface area contributed by atoms with Gasteiger partial charge in [-0.3, -0.25) is 4.79 Å². The number of rotatable bonds is 8. The molecule has 0 aromatic heterocycles. The van der Waals surface area contributed by atoms with Gasteiger partial charge in [0.25, 0.3) is 0 Å². The second kappa shape index (κ2) is 8.22. The average molecular weight is 331 g/mol. The third-order valence-electron chi connectivity index (χ3n) is 4.03. The summed E-state index contributed by atoms with van der Waals surface area (Å²) in [4.78, 5) is 14.4. The minimum absolute atomic E-state index is 0.0679. The van der Waals surface area contributed by atoms with Gasteiger partial charge in [0, 0.05) is 18.7 Å². The van der Waals surface area contributed by atoms with Gasteiger partial charge in [0.1, 0.15) is 0 Å². The van der Waals surface area contributed by atoms with E-state index in [9.17, 15) is 4.79 Å². The minimum atomic E-state index is 0.0679. The van der Waals surface area contributed by atoms with Crippen LogP contribution in [0.4, 0.5) is 0 Å². The van der Waals surface area contributed by atoms with Crippen molar-refractivity contribution < 1.29 is 14.3 Å². The summed E-state index contributed by atoms with van der Waals surface area (Å²) in [5.41, 5.74) is 0.923. The molecule has 1 aromatic carbocycles. The molecule has 1 saturated carbocycles. The van der Waals surface area contributed by atoms with Gasteiger partial charge in [-0.15, -0.1) is 0 Å². The molecule has 0 saturated heterocycles. The molecule has 1 aliphatic carbocycles. The van der Waals surface area contributed by atoms with Gasteiger partial charge >= 0.3 is 0 Å². The summed E-state index contributed by atoms with van der Waals surface area (Å²) in [5.74, 6) is 2.15. The quantitative estimate of drug-likeness (QED) is 0.672. The first kappa shape index (κ1) is 18.4.